The largest absolute Gasteiger partial charge is 0.490 e. The Bertz CT molecular complexity index is 825. The van der Waals surface area contributed by atoms with Crippen LogP contribution in [0.2, 0.25) is 0 Å². The maximum atomic E-state index is 5.70. The van der Waals surface area contributed by atoms with Gasteiger partial charge in [-0.3, -0.25) is 0 Å². The molecule has 7 heteroatoms. The number of aromatic nitrogens is 4. The first-order chi connectivity index (χ1) is 11.6. The molecule has 0 radical (unpaired) electrons. The lowest BCUT2D eigenvalue weighted by Crippen LogP contribution is -2.01. The lowest BCUT2D eigenvalue weighted by atomic mass is 10.1. The average Bonchev–Trinajstić information content (AvgIpc) is 3.11. The Hall–Kier alpha value is -2.15. The number of nitrogens with zero attached hydrogens (tertiary/aromatic N) is 4. The third-order valence-corrected chi connectivity index (χ3v) is 4.38. The lowest BCUT2D eigenvalue weighted by molar-refractivity contribution is 0.288. The van der Waals surface area contributed by atoms with E-state index in [-0.39, 0.29) is 0 Å². The van der Waals surface area contributed by atoms with Crippen molar-refractivity contribution in [1.29, 1.82) is 0 Å². The van der Waals surface area contributed by atoms with Crippen molar-refractivity contribution in [2.45, 2.75) is 34.1 Å². The highest BCUT2D eigenvalue weighted by molar-refractivity contribution is 7.19. The second kappa shape index (κ2) is 7.17. The SMILES string of the molecule is CCOc1ccc(-c2nn3c(CC(C)C)nnc3s2)cc1OCC. The molecule has 0 amide bonds. The molecule has 0 atom stereocenters. The highest BCUT2D eigenvalue weighted by Crippen LogP contribution is 2.34. The van der Waals surface area contributed by atoms with Gasteiger partial charge < -0.3 is 9.47 Å². The molecule has 2 heterocycles. The first kappa shape index (κ1) is 16.7. The molecule has 6 nitrogen and oxygen atoms in total. The van der Waals surface area contributed by atoms with E-state index < -0.39 is 0 Å². The van der Waals surface area contributed by atoms with Crippen LogP contribution < -0.4 is 9.47 Å². The quantitative estimate of drug-likeness (QED) is 0.650. The number of ether oxygens (including phenoxy) is 2. The number of hydrogen-bond donors (Lipinski definition) is 0. The van der Waals surface area contributed by atoms with Crippen LogP contribution in [-0.4, -0.2) is 33.0 Å². The maximum absolute atomic E-state index is 5.70. The van der Waals surface area contributed by atoms with Crippen LogP contribution in [0.25, 0.3) is 15.5 Å². The summed E-state index contributed by atoms with van der Waals surface area (Å²) in [5, 5.41) is 14.1. The molecule has 3 aromatic rings. The normalized spacial score (nSPS) is 11.4. The van der Waals surface area contributed by atoms with Crippen LogP contribution in [0.5, 0.6) is 11.5 Å². The molecule has 24 heavy (non-hydrogen) atoms. The summed E-state index contributed by atoms with van der Waals surface area (Å²) < 4.78 is 13.2. The van der Waals surface area contributed by atoms with E-state index in [9.17, 15) is 0 Å². The van der Waals surface area contributed by atoms with Gasteiger partial charge >= 0.3 is 0 Å². The fourth-order valence-electron chi connectivity index (χ4n) is 2.45. The Balaban J connectivity index is 1.97. The first-order valence-corrected chi connectivity index (χ1v) is 9.05. The minimum Gasteiger partial charge on any atom is -0.490 e. The number of benzene rings is 1. The summed E-state index contributed by atoms with van der Waals surface area (Å²) in [6.45, 7) is 9.44. The van der Waals surface area contributed by atoms with Gasteiger partial charge in [-0.15, -0.1) is 10.2 Å². The second-order valence-electron chi connectivity index (χ2n) is 5.84. The number of fused-ring (bicyclic) bond motifs is 1. The van der Waals surface area contributed by atoms with E-state index >= 15 is 0 Å². The van der Waals surface area contributed by atoms with Crippen LogP contribution in [0.3, 0.4) is 0 Å². The third kappa shape index (κ3) is 3.36. The van der Waals surface area contributed by atoms with Crippen LogP contribution in [0, 0.1) is 5.92 Å². The number of hydrogen-bond acceptors (Lipinski definition) is 6. The number of rotatable bonds is 7. The first-order valence-electron chi connectivity index (χ1n) is 8.23. The van der Waals surface area contributed by atoms with E-state index in [2.05, 4.69) is 29.1 Å². The van der Waals surface area contributed by atoms with Crippen molar-refractivity contribution in [2.75, 3.05) is 13.2 Å². The molecular weight excluding hydrogens is 324 g/mol. The average molecular weight is 346 g/mol. The van der Waals surface area contributed by atoms with Crippen molar-refractivity contribution in [2.24, 2.45) is 5.92 Å². The standard InChI is InChI=1S/C17H22N4O2S/c1-5-22-13-8-7-12(10-14(13)23-6-2)16-20-21-15(9-11(3)4)18-19-17(21)24-16/h7-8,10-11H,5-6,9H2,1-4H3. The van der Waals surface area contributed by atoms with Gasteiger partial charge in [0.15, 0.2) is 17.3 Å². The van der Waals surface area contributed by atoms with E-state index in [1.54, 1.807) is 0 Å². The molecule has 2 aromatic heterocycles. The van der Waals surface area contributed by atoms with Gasteiger partial charge in [-0.25, -0.2) is 0 Å². The molecule has 0 N–H and O–H groups in total. The van der Waals surface area contributed by atoms with Gasteiger partial charge in [-0.1, -0.05) is 25.2 Å². The highest BCUT2D eigenvalue weighted by Gasteiger charge is 2.15. The van der Waals surface area contributed by atoms with Gasteiger partial charge in [-0.05, 0) is 38.0 Å². The molecule has 0 aliphatic heterocycles. The van der Waals surface area contributed by atoms with Crippen molar-refractivity contribution in [3.63, 3.8) is 0 Å². The molecule has 0 unspecified atom stereocenters. The van der Waals surface area contributed by atoms with Gasteiger partial charge in [0.25, 0.3) is 0 Å². The highest BCUT2D eigenvalue weighted by atomic mass is 32.1. The van der Waals surface area contributed by atoms with Crippen molar-refractivity contribution < 1.29 is 9.47 Å². The van der Waals surface area contributed by atoms with Crippen LogP contribution in [0.1, 0.15) is 33.5 Å². The van der Waals surface area contributed by atoms with E-state index in [1.165, 1.54) is 11.3 Å². The molecule has 0 aliphatic rings. The van der Waals surface area contributed by atoms with Gasteiger partial charge in [0.05, 0.1) is 13.2 Å². The molecule has 0 saturated heterocycles. The van der Waals surface area contributed by atoms with E-state index in [0.717, 1.165) is 39.3 Å². The Kier molecular flexibility index (Phi) is 4.99. The van der Waals surface area contributed by atoms with Gasteiger partial charge in [0, 0.05) is 12.0 Å². The van der Waals surface area contributed by atoms with Crippen molar-refractivity contribution in [3.05, 3.63) is 24.0 Å². The predicted octanol–water partition coefficient (Wildman–Crippen LogP) is 3.85. The van der Waals surface area contributed by atoms with Crippen molar-refractivity contribution in [3.8, 4) is 22.1 Å². The minimum atomic E-state index is 0.512. The van der Waals surface area contributed by atoms with Gasteiger partial charge in [-0.2, -0.15) is 9.61 Å². The van der Waals surface area contributed by atoms with Crippen LogP contribution in [0.15, 0.2) is 18.2 Å². The van der Waals surface area contributed by atoms with Crippen LogP contribution in [0.4, 0.5) is 0 Å². The monoisotopic (exact) mass is 346 g/mol. The Labute approximate surface area is 145 Å². The summed E-state index contributed by atoms with van der Waals surface area (Å²) in [6.07, 6.45) is 0.859. The van der Waals surface area contributed by atoms with Crippen molar-refractivity contribution >= 4 is 16.3 Å². The molecule has 0 spiro atoms. The molecule has 1 aromatic carbocycles. The van der Waals surface area contributed by atoms with Crippen LogP contribution in [-0.2, 0) is 6.42 Å². The summed E-state index contributed by atoms with van der Waals surface area (Å²) in [4.78, 5) is 0.812. The topological polar surface area (TPSA) is 61.5 Å². The Morgan fingerprint density at radius 3 is 2.54 bits per heavy atom. The molecule has 0 aliphatic carbocycles. The van der Waals surface area contributed by atoms with E-state index in [1.807, 2.05) is 36.6 Å². The molecular formula is C17H22N4O2S. The Morgan fingerprint density at radius 1 is 1.08 bits per heavy atom. The van der Waals surface area contributed by atoms with Crippen molar-refractivity contribution in [1.82, 2.24) is 19.8 Å². The predicted molar refractivity (Wildman–Crippen MR) is 95.0 cm³/mol. The zero-order valence-corrected chi connectivity index (χ0v) is 15.3. The summed E-state index contributed by atoms with van der Waals surface area (Å²) in [6, 6.07) is 5.91. The summed E-state index contributed by atoms with van der Waals surface area (Å²) in [5.74, 6) is 2.91. The zero-order valence-electron chi connectivity index (χ0n) is 14.4. The fourth-order valence-corrected chi connectivity index (χ4v) is 3.31. The molecule has 3 rings (SSSR count). The lowest BCUT2D eigenvalue weighted by Gasteiger charge is -2.11. The van der Waals surface area contributed by atoms with Gasteiger partial charge in [0.2, 0.25) is 4.96 Å². The molecule has 0 bridgehead atoms. The third-order valence-electron chi connectivity index (χ3n) is 3.44. The minimum absolute atomic E-state index is 0.512. The molecule has 0 saturated carbocycles. The van der Waals surface area contributed by atoms with Gasteiger partial charge in [0.1, 0.15) is 5.01 Å². The molecule has 128 valence electrons. The zero-order chi connectivity index (χ0) is 17.1. The summed E-state index contributed by atoms with van der Waals surface area (Å²) in [7, 11) is 0. The summed E-state index contributed by atoms with van der Waals surface area (Å²) in [5.41, 5.74) is 0.993. The fraction of sp³-hybridized carbons (Fsp3) is 0.471. The smallest absolute Gasteiger partial charge is 0.234 e. The van der Waals surface area contributed by atoms with Crippen LogP contribution >= 0.6 is 11.3 Å². The second-order valence-corrected chi connectivity index (χ2v) is 6.80. The van der Waals surface area contributed by atoms with E-state index in [0.29, 0.717) is 19.1 Å². The van der Waals surface area contributed by atoms with E-state index in [4.69, 9.17) is 9.47 Å². The summed E-state index contributed by atoms with van der Waals surface area (Å²) >= 11 is 1.53. The Morgan fingerprint density at radius 2 is 1.83 bits per heavy atom. The maximum Gasteiger partial charge on any atom is 0.234 e. The molecule has 0 fully saturated rings.